The summed E-state index contributed by atoms with van der Waals surface area (Å²) in [5.74, 6) is 0.0886. The fraction of sp³-hybridized carbons (Fsp3) is 0.263. The average Bonchev–Trinajstić information content (AvgIpc) is 3.12. The minimum absolute atomic E-state index is 0.0363. The lowest BCUT2D eigenvalue weighted by Gasteiger charge is -2.29. The normalized spacial score (nSPS) is 14.7. The number of benzene rings is 2. The minimum atomic E-state index is -4.61. The molecular formula is C19H19ClF3N7. The van der Waals surface area contributed by atoms with Crippen molar-refractivity contribution in [3.05, 3.63) is 47.0 Å². The molecule has 2 heterocycles. The van der Waals surface area contributed by atoms with Gasteiger partial charge in [-0.2, -0.15) is 18.2 Å². The van der Waals surface area contributed by atoms with Gasteiger partial charge in [0.05, 0.1) is 10.6 Å². The average molecular weight is 438 g/mol. The minimum Gasteiger partial charge on any atom is -0.369 e. The highest BCUT2D eigenvalue weighted by atomic mass is 35.5. The number of H-pyrrole nitrogens is 1. The Morgan fingerprint density at radius 3 is 2.40 bits per heavy atom. The van der Waals surface area contributed by atoms with Gasteiger partial charge in [-0.15, -0.1) is 5.10 Å². The molecule has 4 rings (SSSR count). The van der Waals surface area contributed by atoms with Gasteiger partial charge in [-0.05, 0) is 29.8 Å². The fourth-order valence-corrected chi connectivity index (χ4v) is 3.75. The van der Waals surface area contributed by atoms with Crippen molar-refractivity contribution in [2.75, 3.05) is 42.1 Å². The molecule has 11 heteroatoms. The number of nitrogen functional groups attached to an aromatic ring is 1. The van der Waals surface area contributed by atoms with Gasteiger partial charge in [0.1, 0.15) is 0 Å². The molecule has 2 aromatic carbocycles. The zero-order chi connectivity index (χ0) is 21.3. The molecule has 1 fully saturated rings. The van der Waals surface area contributed by atoms with Gasteiger partial charge in [0, 0.05) is 43.1 Å². The topological polar surface area (TPSA) is 94.9 Å². The van der Waals surface area contributed by atoms with E-state index in [0.717, 1.165) is 37.9 Å². The number of rotatable bonds is 4. The Morgan fingerprint density at radius 2 is 1.80 bits per heavy atom. The Kier molecular flexibility index (Phi) is 5.44. The molecule has 0 radical (unpaired) electrons. The third kappa shape index (κ3) is 4.29. The molecule has 1 aliphatic rings. The molecule has 1 saturated heterocycles. The van der Waals surface area contributed by atoms with Gasteiger partial charge in [0.25, 0.3) is 0 Å². The highest BCUT2D eigenvalue weighted by Crippen LogP contribution is 2.43. The third-order valence-electron chi connectivity index (χ3n) is 4.79. The first-order valence-electron chi connectivity index (χ1n) is 9.23. The van der Waals surface area contributed by atoms with Crippen molar-refractivity contribution in [2.45, 2.75) is 6.18 Å². The number of nitrogens with two attached hydrogens (primary N) is 1. The van der Waals surface area contributed by atoms with Gasteiger partial charge in [-0.1, -0.05) is 23.7 Å². The van der Waals surface area contributed by atoms with Crippen LogP contribution in [0.15, 0.2) is 36.4 Å². The fourth-order valence-electron chi connectivity index (χ4n) is 3.42. The molecule has 0 amide bonds. The van der Waals surface area contributed by atoms with Crippen molar-refractivity contribution in [3.8, 4) is 11.1 Å². The van der Waals surface area contributed by atoms with E-state index >= 15 is 0 Å². The zero-order valence-electron chi connectivity index (χ0n) is 15.7. The molecule has 158 valence electrons. The number of piperazine rings is 1. The van der Waals surface area contributed by atoms with Crippen LogP contribution < -0.4 is 21.3 Å². The Balaban J connectivity index is 1.69. The van der Waals surface area contributed by atoms with Crippen molar-refractivity contribution >= 4 is 34.9 Å². The van der Waals surface area contributed by atoms with Crippen LogP contribution in [0.5, 0.6) is 0 Å². The van der Waals surface area contributed by atoms with Crippen LogP contribution >= 0.6 is 11.6 Å². The summed E-state index contributed by atoms with van der Waals surface area (Å²) in [7, 11) is 0. The predicted octanol–water partition coefficient (Wildman–Crippen LogP) is 3.88. The van der Waals surface area contributed by atoms with Crippen molar-refractivity contribution < 1.29 is 13.2 Å². The summed E-state index contributed by atoms with van der Waals surface area (Å²) in [6.07, 6.45) is -4.61. The van der Waals surface area contributed by atoms with E-state index in [1.807, 2.05) is 12.1 Å². The van der Waals surface area contributed by atoms with Gasteiger partial charge in [0.15, 0.2) is 0 Å². The summed E-state index contributed by atoms with van der Waals surface area (Å²) in [4.78, 5) is 6.01. The third-order valence-corrected chi connectivity index (χ3v) is 5.09. The second-order valence-corrected chi connectivity index (χ2v) is 7.24. The van der Waals surface area contributed by atoms with Crippen molar-refractivity contribution in [1.29, 1.82) is 0 Å². The number of nitrogens with zero attached hydrogens (tertiary/aromatic N) is 3. The Hall–Kier alpha value is -2.98. The van der Waals surface area contributed by atoms with Crippen molar-refractivity contribution in [3.63, 3.8) is 0 Å². The largest absolute Gasteiger partial charge is 0.417 e. The number of hydrogen-bond donors (Lipinski definition) is 4. The van der Waals surface area contributed by atoms with Crippen LogP contribution in [-0.4, -0.2) is 41.4 Å². The maximum absolute atomic E-state index is 13.8. The van der Waals surface area contributed by atoms with Gasteiger partial charge in [-0.3, -0.25) is 0 Å². The van der Waals surface area contributed by atoms with Crippen LogP contribution in [0.25, 0.3) is 11.1 Å². The highest BCUT2D eigenvalue weighted by molar-refractivity contribution is 6.34. The van der Waals surface area contributed by atoms with Crippen LogP contribution in [0.3, 0.4) is 0 Å². The van der Waals surface area contributed by atoms with E-state index in [2.05, 4.69) is 30.7 Å². The molecule has 0 aliphatic carbocycles. The second kappa shape index (κ2) is 8.04. The molecule has 7 nitrogen and oxygen atoms in total. The number of aromatic amines is 1. The molecule has 1 aromatic heterocycles. The number of anilines is 4. The first kappa shape index (κ1) is 20.3. The van der Waals surface area contributed by atoms with Crippen LogP contribution in [-0.2, 0) is 6.18 Å². The van der Waals surface area contributed by atoms with Crippen LogP contribution in [0.1, 0.15) is 5.56 Å². The van der Waals surface area contributed by atoms with Gasteiger partial charge in [-0.25, -0.2) is 5.10 Å². The monoisotopic (exact) mass is 437 g/mol. The molecular weight excluding hydrogens is 419 g/mol. The molecule has 0 atom stereocenters. The molecule has 0 spiro atoms. The van der Waals surface area contributed by atoms with E-state index < -0.39 is 11.7 Å². The summed E-state index contributed by atoms with van der Waals surface area (Å²) in [6.45, 7) is 3.44. The molecule has 0 unspecified atom stereocenters. The molecule has 5 N–H and O–H groups in total. The predicted molar refractivity (Wildman–Crippen MR) is 111 cm³/mol. The zero-order valence-corrected chi connectivity index (χ0v) is 16.5. The Bertz CT molecular complexity index is 1030. The maximum Gasteiger partial charge on any atom is 0.417 e. The lowest BCUT2D eigenvalue weighted by Crippen LogP contribution is -2.43. The molecule has 3 aromatic rings. The Labute approximate surface area is 175 Å². The summed E-state index contributed by atoms with van der Waals surface area (Å²) in [6, 6.07) is 9.36. The van der Waals surface area contributed by atoms with E-state index in [4.69, 9.17) is 17.3 Å². The van der Waals surface area contributed by atoms with Gasteiger partial charge in [0.2, 0.25) is 11.9 Å². The lowest BCUT2D eigenvalue weighted by molar-refractivity contribution is -0.137. The molecule has 0 bridgehead atoms. The standard InChI is InChI=1S/C19H19ClF3N7/c20-15-10-12(26-18-27-17(24)28-29-18)9-14(19(21,22)23)16(15)11-1-3-13(4-2-11)30-7-5-25-6-8-30/h1-4,9-10,25H,5-8H2,(H4,24,26,27,28,29). The number of aromatic nitrogens is 3. The molecule has 0 saturated carbocycles. The van der Waals surface area contributed by atoms with Crippen LogP contribution in [0.2, 0.25) is 5.02 Å². The van der Waals surface area contributed by atoms with E-state index in [0.29, 0.717) is 5.56 Å². The highest BCUT2D eigenvalue weighted by Gasteiger charge is 2.35. The second-order valence-electron chi connectivity index (χ2n) is 6.83. The number of alkyl halides is 3. The number of nitrogens with one attached hydrogen (secondary N) is 3. The van der Waals surface area contributed by atoms with Gasteiger partial charge < -0.3 is 21.3 Å². The van der Waals surface area contributed by atoms with E-state index in [1.165, 1.54) is 6.07 Å². The number of hydrogen-bond acceptors (Lipinski definition) is 6. The summed E-state index contributed by atoms with van der Waals surface area (Å²) < 4.78 is 41.5. The molecule has 30 heavy (non-hydrogen) atoms. The maximum atomic E-state index is 13.8. The molecule has 1 aliphatic heterocycles. The summed E-state index contributed by atoms with van der Waals surface area (Å²) in [5.41, 5.74) is 5.98. The van der Waals surface area contributed by atoms with Gasteiger partial charge >= 0.3 is 6.18 Å². The Morgan fingerprint density at radius 1 is 1.10 bits per heavy atom. The van der Waals surface area contributed by atoms with Crippen LogP contribution in [0.4, 0.5) is 36.4 Å². The van der Waals surface area contributed by atoms with Crippen molar-refractivity contribution in [2.24, 2.45) is 0 Å². The first-order chi connectivity index (χ1) is 14.3. The van der Waals surface area contributed by atoms with Crippen molar-refractivity contribution in [1.82, 2.24) is 20.5 Å². The van der Waals surface area contributed by atoms with E-state index in [1.54, 1.807) is 12.1 Å². The van der Waals surface area contributed by atoms with E-state index in [9.17, 15) is 13.2 Å². The quantitative estimate of drug-likeness (QED) is 0.495. The SMILES string of the molecule is Nc1nc(Nc2cc(Cl)c(-c3ccc(N4CCNCC4)cc3)c(C(F)(F)F)c2)n[nH]1. The lowest BCUT2D eigenvalue weighted by atomic mass is 9.98. The number of halogens is 4. The smallest absolute Gasteiger partial charge is 0.369 e. The first-order valence-corrected chi connectivity index (χ1v) is 9.61. The summed E-state index contributed by atoms with van der Waals surface area (Å²) >= 11 is 6.30. The van der Waals surface area contributed by atoms with E-state index in [-0.39, 0.29) is 28.2 Å². The summed E-state index contributed by atoms with van der Waals surface area (Å²) in [5, 5.41) is 12.1. The van der Waals surface area contributed by atoms with Crippen LogP contribution in [0, 0.1) is 0 Å².